The molecule has 0 saturated carbocycles. The molecule has 0 heterocycles. The van der Waals surface area contributed by atoms with Gasteiger partial charge in [0.15, 0.2) is 0 Å². The molecule has 0 aliphatic rings. The largest absolute Gasteiger partial charge is 0.330 e. The van der Waals surface area contributed by atoms with E-state index < -0.39 is 8.46 Å². The molecular formula is C15H33OP. The fourth-order valence-electron chi connectivity index (χ4n) is 2.39. The third-order valence-electron chi connectivity index (χ3n) is 3.98. The Morgan fingerprint density at radius 3 is 2.00 bits per heavy atom. The second kappa shape index (κ2) is 10.2. The third kappa shape index (κ3) is 8.03. The summed E-state index contributed by atoms with van der Waals surface area (Å²) in [6.07, 6.45) is 7.92. The second-order valence-electron chi connectivity index (χ2n) is 6.13. The van der Waals surface area contributed by atoms with E-state index in [0.29, 0.717) is 11.6 Å². The molecule has 3 unspecified atom stereocenters. The Balaban J connectivity index is 4.09. The molecule has 0 saturated heterocycles. The molecule has 104 valence electrons. The van der Waals surface area contributed by atoms with Gasteiger partial charge < -0.3 is 4.57 Å². The molecule has 3 atom stereocenters. The summed E-state index contributed by atoms with van der Waals surface area (Å²) in [6.45, 7) is 11.3. The van der Waals surface area contributed by atoms with Gasteiger partial charge in [0.2, 0.25) is 0 Å². The summed E-state index contributed by atoms with van der Waals surface area (Å²) in [5.41, 5.74) is 0.466. The lowest BCUT2D eigenvalue weighted by Gasteiger charge is -2.25. The second-order valence-corrected chi connectivity index (χ2v) is 7.26. The van der Waals surface area contributed by atoms with E-state index in [1.165, 1.54) is 38.5 Å². The highest BCUT2D eigenvalue weighted by Crippen LogP contribution is 2.31. The minimum Gasteiger partial charge on any atom is -0.330 e. The molecular weight excluding hydrogens is 227 g/mol. The average molecular weight is 260 g/mol. The van der Waals surface area contributed by atoms with Crippen molar-refractivity contribution in [3.05, 3.63) is 0 Å². The van der Waals surface area contributed by atoms with Crippen molar-refractivity contribution in [2.45, 2.75) is 78.8 Å². The van der Waals surface area contributed by atoms with Crippen molar-refractivity contribution in [3.8, 4) is 0 Å². The molecule has 0 aromatic rings. The maximum absolute atomic E-state index is 11.3. The van der Waals surface area contributed by atoms with E-state index in [4.69, 9.17) is 0 Å². The van der Waals surface area contributed by atoms with E-state index in [-0.39, 0.29) is 0 Å². The highest BCUT2D eigenvalue weighted by Gasteiger charge is 2.20. The molecule has 0 N–H and O–H groups in total. The van der Waals surface area contributed by atoms with E-state index in [9.17, 15) is 4.57 Å². The van der Waals surface area contributed by atoms with Crippen LogP contribution in [0.25, 0.3) is 0 Å². The van der Waals surface area contributed by atoms with E-state index in [1.54, 1.807) is 0 Å². The highest BCUT2D eigenvalue weighted by molar-refractivity contribution is 7.24. The lowest BCUT2D eigenvalue weighted by Crippen LogP contribution is -2.18. The number of unbranched alkanes of at least 4 members (excludes halogenated alkanes) is 3. The Hall–Kier alpha value is 0.230. The van der Waals surface area contributed by atoms with Crippen LogP contribution in [0.1, 0.15) is 73.1 Å². The first-order valence-corrected chi connectivity index (χ1v) is 8.62. The molecule has 0 aliphatic carbocycles. The zero-order valence-corrected chi connectivity index (χ0v) is 13.7. The van der Waals surface area contributed by atoms with Gasteiger partial charge in [-0.15, -0.1) is 0 Å². The van der Waals surface area contributed by atoms with Crippen molar-refractivity contribution >= 4 is 8.46 Å². The molecule has 0 rings (SSSR count). The molecule has 0 aromatic heterocycles. The fraction of sp³-hybridized carbons (Fsp3) is 1.00. The Morgan fingerprint density at radius 1 is 0.941 bits per heavy atom. The summed E-state index contributed by atoms with van der Waals surface area (Å²) in [4.78, 5) is 0. The van der Waals surface area contributed by atoms with Crippen molar-refractivity contribution in [1.82, 2.24) is 0 Å². The van der Waals surface area contributed by atoms with Crippen LogP contribution in [0.4, 0.5) is 0 Å². The standard InChI is InChI=1S/C15H33OP/c1-6-7-8-9-10-14(12(2)3)11-15(17-16)13(4)5/h12-15H,6-11,17H2,1-5H3. The smallest absolute Gasteiger partial charge is 0.0677 e. The Labute approximate surface area is 110 Å². The molecule has 0 bridgehead atoms. The molecule has 0 aliphatic heterocycles. The van der Waals surface area contributed by atoms with Crippen LogP contribution >= 0.6 is 8.46 Å². The first kappa shape index (κ1) is 17.2. The van der Waals surface area contributed by atoms with Crippen LogP contribution in [-0.4, -0.2) is 5.66 Å². The van der Waals surface area contributed by atoms with Crippen molar-refractivity contribution in [3.63, 3.8) is 0 Å². The van der Waals surface area contributed by atoms with Gasteiger partial charge in [-0.25, -0.2) is 0 Å². The van der Waals surface area contributed by atoms with Gasteiger partial charge in [0.1, 0.15) is 0 Å². The van der Waals surface area contributed by atoms with E-state index >= 15 is 0 Å². The summed E-state index contributed by atoms with van der Waals surface area (Å²) in [6, 6.07) is 0. The molecule has 0 amide bonds. The first-order chi connectivity index (χ1) is 8.02. The summed E-state index contributed by atoms with van der Waals surface area (Å²) in [5.74, 6) is 2.10. The van der Waals surface area contributed by atoms with Gasteiger partial charge in [0, 0.05) is 5.66 Å². The van der Waals surface area contributed by atoms with Gasteiger partial charge in [0.25, 0.3) is 0 Å². The van der Waals surface area contributed by atoms with Crippen LogP contribution < -0.4 is 0 Å². The van der Waals surface area contributed by atoms with Crippen LogP contribution in [-0.2, 0) is 4.57 Å². The predicted molar refractivity (Wildman–Crippen MR) is 80.7 cm³/mol. The van der Waals surface area contributed by atoms with Gasteiger partial charge in [-0.1, -0.05) is 66.7 Å². The van der Waals surface area contributed by atoms with Crippen molar-refractivity contribution < 1.29 is 4.57 Å². The van der Waals surface area contributed by atoms with Crippen LogP contribution in [0.5, 0.6) is 0 Å². The predicted octanol–water partition coefficient (Wildman–Crippen LogP) is 5.40. The summed E-state index contributed by atoms with van der Waals surface area (Å²) in [7, 11) is -0.603. The molecule has 17 heavy (non-hydrogen) atoms. The van der Waals surface area contributed by atoms with Crippen LogP contribution in [0, 0.1) is 17.8 Å². The van der Waals surface area contributed by atoms with E-state index in [0.717, 1.165) is 11.8 Å². The van der Waals surface area contributed by atoms with Crippen molar-refractivity contribution in [2.75, 3.05) is 0 Å². The fourth-order valence-corrected chi connectivity index (χ4v) is 3.17. The van der Waals surface area contributed by atoms with E-state index in [1.807, 2.05) is 0 Å². The third-order valence-corrected chi connectivity index (χ3v) is 5.37. The highest BCUT2D eigenvalue weighted by atomic mass is 31.1. The van der Waals surface area contributed by atoms with Gasteiger partial charge in [-0.2, -0.15) is 0 Å². The summed E-state index contributed by atoms with van der Waals surface area (Å²) >= 11 is 0. The van der Waals surface area contributed by atoms with Crippen LogP contribution in [0.15, 0.2) is 0 Å². The maximum Gasteiger partial charge on any atom is 0.0677 e. The Bertz CT molecular complexity index is 189. The minimum absolute atomic E-state index is 0.466. The zero-order chi connectivity index (χ0) is 13.3. The quantitative estimate of drug-likeness (QED) is 0.379. The van der Waals surface area contributed by atoms with E-state index in [2.05, 4.69) is 34.6 Å². The molecule has 0 radical (unpaired) electrons. The van der Waals surface area contributed by atoms with Crippen LogP contribution in [0.2, 0.25) is 0 Å². The Morgan fingerprint density at radius 2 is 1.59 bits per heavy atom. The number of rotatable bonds is 10. The number of hydrogen-bond acceptors (Lipinski definition) is 1. The van der Waals surface area contributed by atoms with Crippen molar-refractivity contribution in [2.24, 2.45) is 17.8 Å². The maximum atomic E-state index is 11.3. The summed E-state index contributed by atoms with van der Waals surface area (Å²) in [5, 5.41) is 0. The number of hydrogen-bond donors (Lipinski definition) is 0. The lowest BCUT2D eigenvalue weighted by molar-refractivity contribution is 0.305. The van der Waals surface area contributed by atoms with Gasteiger partial charge in [-0.3, -0.25) is 0 Å². The normalized spacial score (nSPS) is 16.2. The topological polar surface area (TPSA) is 17.1 Å². The average Bonchev–Trinajstić information content (AvgIpc) is 2.27. The molecule has 0 spiro atoms. The van der Waals surface area contributed by atoms with Gasteiger partial charge in [-0.05, 0) is 24.2 Å². The molecule has 0 fully saturated rings. The molecule has 1 nitrogen and oxygen atoms in total. The zero-order valence-electron chi connectivity index (χ0n) is 12.5. The van der Waals surface area contributed by atoms with Crippen LogP contribution in [0.3, 0.4) is 0 Å². The van der Waals surface area contributed by atoms with Gasteiger partial charge >= 0.3 is 0 Å². The Kier molecular flexibility index (Phi) is 10.3. The lowest BCUT2D eigenvalue weighted by atomic mass is 9.84. The minimum atomic E-state index is -0.603. The van der Waals surface area contributed by atoms with Crippen molar-refractivity contribution in [1.29, 1.82) is 0 Å². The SMILES string of the molecule is CCCCCCC(CC([PH2]=O)C(C)C)C(C)C. The van der Waals surface area contributed by atoms with Gasteiger partial charge in [0.05, 0.1) is 8.46 Å². The first-order valence-electron chi connectivity index (χ1n) is 7.48. The molecule has 2 heteroatoms. The summed E-state index contributed by atoms with van der Waals surface area (Å²) < 4.78 is 11.3. The molecule has 0 aromatic carbocycles. The monoisotopic (exact) mass is 260 g/mol.